The lowest BCUT2D eigenvalue weighted by Gasteiger charge is -2.39. The zero-order valence-corrected chi connectivity index (χ0v) is 16.1. The first kappa shape index (κ1) is 19.8. The Hall–Kier alpha value is -1.95. The number of nitrogens with zero attached hydrogens (tertiary/aromatic N) is 1. The molecule has 1 saturated heterocycles. The molecule has 2 N–H and O–H groups in total. The Balaban J connectivity index is 1.65. The molecule has 2 aliphatic rings. The van der Waals surface area contributed by atoms with Crippen LogP contribution in [0.2, 0.25) is 0 Å². The number of likely N-dealkylation sites (tertiary alicyclic amines) is 1. The summed E-state index contributed by atoms with van der Waals surface area (Å²) in [6.45, 7) is 2.00. The Bertz CT molecular complexity index is 665. The second-order valence-electron chi connectivity index (χ2n) is 7.85. The molecule has 1 saturated carbocycles. The average Bonchev–Trinajstić information content (AvgIpc) is 2.70. The molecule has 6 heteroatoms. The minimum Gasteiger partial charge on any atom is -0.358 e. The molecule has 2 amide bonds. The maximum atomic E-state index is 13.8. The van der Waals surface area contributed by atoms with E-state index in [1.807, 2.05) is 6.07 Å². The van der Waals surface area contributed by atoms with Gasteiger partial charge < -0.3 is 10.6 Å². The third-order valence-electron chi connectivity index (χ3n) is 6.09. The molecule has 0 spiro atoms. The van der Waals surface area contributed by atoms with E-state index in [1.165, 1.54) is 12.1 Å². The fourth-order valence-corrected chi connectivity index (χ4v) is 4.43. The first-order chi connectivity index (χ1) is 13.0. The predicted molar refractivity (Wildman–Crippen MR) is 103 cm³/mol. The lowest BCUT2D eigenvalue weighted by atomic mass is 9.68. The number of amides is 2. The quantitative estimate of drug-likeness (QED) is 0.831. The summed E-state index contributed by atoms with van der Waals surface area (Å²) < 4.78 is 13.8. The first-order valence-electron chi connectivity index (χ1n) is 10.0. The van der Waals surface area contributed by atoms with Crippen LogP contribution in [0.5, 0.6) is 0 Å². The highest BCUT2D eigenvalue weighted by Gasteiger charge is 2.42. The fraction of sp³-hybridized carbons (Fsp3) is 0.619. The van der Waals surface area contributed by atoms with Crippen LogP contribution in [-0.2, 0) is 15.0 Å². The summed E-state index contributed by atoms with van der Waals surface area (Å²) >= 11 is 0. The van der Waals surface area contributed by atoms with Gasteiger partial charge in [0.1, 0.15) is 5.82 Å². The molecule has 3 rings (SSSR count). The molecule has 0 aromatic heterocycles. The molecule has 2 fully saturated rings. The number of carbonyl (C=O) groups is 2. The predicted octanol–water partition coefficient (Wildman–Crippen LogP) is 2.35. The minimum atomic E-state index is -0.612. The van der Waals surface area contributed by atoms with Gasteiger partial charge in [0, 0.05) is 26.2 Å². The Morgan fingerprint density at radius 3 is 2.52 bits per heavy atom. The number of hydrogen-bond acceptors (Lipinski definition) is 3. The number of nitrogens with one attached hydrogen (secondary N) is 2. The minimum absolute atomic E-state index is 0.0183. The van der Waals surface area contributed by atoms with E-state index < -0.39 is 5.41 Å². The SMILES string of the molecule is CNC(=O)CN1CCC(NC(=O)C2(c3cccc(F)c3)CCCCC2)CC1. The van der Waals surface area contributed by atoms with Gasteiger partial charge in [-0.1, -0.05) is 31.4 Å². The van der Waals surface area contributed by atoms with Crippen molar-refractivity contribution in [3.63, 3.8) is 0 Å². The molecule has 5 nitrogen and oxygen atoms in total. The van der Waals surface area contributed by atoms with E-state index in [1.54, 1.807) is 13.1 Å². The molecule has 1 aliphatic heterocycles. The Labute approximate surface area is 160 Å². The molecule has 1 aromatic carbocycles. The van der Waals surface area contributed by atoms with Crippen molar-refractivity contribution in [3.8, 4) is 0 Å². The van der Waals surface area contributed by atoms with E-state index in [-0.39, 0.29) is 23.7 Å². The van der Waals surface area contributed by atoms with Crippen molar-refractivity contribution in [2.24, 2.45) is 0 Å². The lowest BCUT2D eigenvalue weighted by molar-refractivity contribution is -0.129. The second-order valence-corrected chi connectivity index (χ2v) is 7.85. The number of benzene rings is 1. The van der Waals surface area contributed by atoms with Crippen LogP contribution in [0.15, 0.2) is 24.3 Å². The van der Waals surface area contributed by atoms with E-state index in [9.17, 15) is 14.0 Å². The van der Waals surface area contributed by atoms with Crippen LogP contribution in [0.1, 0.15) is 50.5 Å². The highest BCUT2D eigenvalue weighted by Crippen LogP contribution is 2.40. The number of rotatable bonds is 5. The van der Waals surface area contributed by atoms with Gasteiger partial charge in [-0.15, -0.1) is 0 Å². The molecule has 1 heterocycles. The molecule has 1 aliphatic carbocycles. The number of halogens is 1. The molecule has 0 bridgehead atoms. The van der Waals surface area contributed by atoms with Crippen LogP contribution in [-0.4, -0.2) is 49.4 Å². The molecule has 148 valence electrons. The lowest BCUT2D eigenvalue weighted by Crippen LogP contribution is -2.52. The first-order valence-corrected chi connectivity index (χ1v) is 10.0. The Morgan fingerprint density at radius 2 is 1.89 bits per heavy atom. The van der Waals surface area contributed by atoms with E-state index in [0.29, 0.717) is 6.54 Å². The summed E-state index contributed by atoms with van der Waals surface area (Å²) in [5, 5.41) is 5.89. The second kappa shape index (κ2) is 8.83. The highest BCUT2D eigenvalue weighted by molar-refractivity contribution is 5.88. The van der Waals surface area contributed by atoms with E-state index in [2.05, 4.69) is 15.5 Å². The maximum absolute atomic E-state index is 13.8. The van der Waals surface area contributed by atoms with Crippen molar-refractivity contribution in [1.29, 1.82) is 0 Å². The molecule has 27 heavy (non-hydrogen) atoms. The third-order valence-corrected chi connectivity index (χ3v) is 6.09. The van der Waals surface area contributed by atoms with Crippen molar-refractivity contribution < 1.29 is 14.0 Å². The molecule has 0 atom stereocenters. The van der Waals surface area contributed by atoms with Crippen molar-refractivity contribution in [2.45, 2.75) is 56.4 Å². The number of piperidine rings is 1. The van der Waals surface area contributed by atoms with Crippen molar-refractivity contribution in [3.05, 3.63) is 35.6 Å². The highest BCUT2D eigenvalue weighted by atomic mass is 19.1. The van der Waals surface area contributed by atoms with Crippen molar-refractivity contribution >= 4 is 11.8 Å². The average molecular weight is 375 g/mol. The molecular weight excluding hydrogens is 345 g/mol. The van der Waals surface area contributed by atoms with Crippen LogP contribution in [0, 0.1) is 5.82 Å². The van der Waals surface area contributed by atoms with Crippen molar-refractivity contribution in [1.82, 2.24) is 15.5 Å². The van der Waals surface area contributed by atoms with Gasteiger partial charge in [0.2, 0.25) is 11.8 Å². The zero-order chi connectivity index (χ0) is 19.3. The monoisotopic (exact) mass is 375 g/mol. The molecule has 1 aromatic rings. The van der Waals surface area contributed by atoms with Gasteiger partial charge in [0.05, 0.1) is 12.0 Å². The third kappa shape index (κ3) is 4.67. The van der Waals surface area contributed by atoms with Crippen LogP contribution in [0.3, 0.4) is 0 Å². The fourth-order valence-electron chi connectivity index (χ4n) is 4.43. The maximum Gasteiger partial charge on any atom is 0.233 e. The summed E-state index contributed by atoms with van der Waals surface area (Å²) in [6.07, 6.45) is 6.34. The van der Waals surface area contributed by atoms with Gasteiger partial charge in [-0.25, -0.2) is 4.39 Å². The van der Waals surface area contributed by atoms with Crippen molar-refractivity contribution in [2.75, 3.05) is 26.7 Å². The van der Waals surface area contributed by atoms with Crippen LogP contribution < -0.4 is 10.6 Å². The summed E-state index contributed by atoms with van der Waals surface area (Å²) in [5.74, 6) is -0.227. The van der Waals surface area contributed by atoms with E-state index in [4.69, 9.17) is 0 Å². The smallest absolute Gasteiger partial charge is 0.233 e. The summed E-state index contributed by atoms with van der Waals surface area (Å²) in [7, 11) is 1.64. The van der Waals surface area contributed by atoms with Gasteiger partial charge in [0.15, 0.2) is 0 Å². The summed E-state index contributed by atoms with van der Waals surface area (Å²) in [6, 6.07) is 6.66. The van der Waals surface area contributed by atoms with Gasteiger partial charge in [0.25, 0.3) is 0 Å². The van der Waals surface area contributed by atoms with E-state index >= 15 is 0 Å². The van der Waals surface area contributed by atoms with Crippen LogP contribution in [0.4, 0.5) is 4.39 Å². The number of hydrogen-bond donors (Lipinski definition) is 2. The number of carbonyl (C=O) groups excluding carboxylic acids is 2. The Kier molecular flexibility index (Phi) is 6.47. The van der Waals surface area contributed by atoms with Gasteiger partial charge in [-0.05, 0) is 43.4 Å². The Morgan fingerprint density at radius 1 is 1.19 bits per heavy atom. The molecular formula is C21H30FN3O2. The van der Waals surface area contributed by atoms with Crippen LogP contribution >= 0.6 is 0 Å². The largest absolute Gasteiger partial charge is 0.358 e. The van der Waals surface area contributed by atoms with Crippen LogP contribution in [0.25, 0.3) is 0 Å². The normalized spacial score (nSPS) is 20.8. The van der Waals surface area contributed by atoms with Gasteiger partial charge in [-0.3, -0.25) is 14.5 Å². The standard InChI is InChI=1S/C21H30FN3O2/c1-23-19(26)15-25-12-8-18(9-13-25)24-20(27)21(10-3-2-4-11-21)16-6-5-7-17(22)14-16/h5-7,14,18H,2-4,8-13,15H2,1H3,(H,23,26)(H,24,27). The van der Waals surface area contributed by atoms with Gasteiger partial charge >= 0.3 is 0 Å². The summed E-state index contributed by atoms with van der Waals surface area (Å²) in [5.41, 5.74) is 0.191. The van der Waals surface area contributed by atoms with E-state index in [0.717, 1.165) is 63.6 Å². The number of likely N-dealkylation sites (N-methyl/N-ethyl adjacent to an activating group) is 1. The zero-order valence-electron chi connectivity index (χ0n) is 16.1. The molecule has 0 unspecified atom stereocenters. The topological polar surface area (TPSA) is 61.4 Å². The summed E-state index contributed by atoms with van der Waals surface area (Å²) in [4.78, 5) is 26.9. The molecule has 0 radical (unpaired) electrons. The van der Waals surface area contributed by atoms with Gasteiger partial charge in [-0.2, -0.15) is 0 Å².